The van der Waals surface area contributed by atoms with E-state index in [1.807, 2.05) is 19.1 Å². The quantitative estimate of drug-likeness (QED) is 0.345. The molecule has 6 nitrogen and oxygen atoms in total. The molecule has 1 aromatic heterocycles. The molecule has 0 saturated carbocycles. The van der Waals surface area contributed by atoms with Crippen LogP contribution in [0.15, 0.2) is 50.8 Å². The lowest BCUT2D eigenvalue weighted by Gasteiger charge is -2.17. The van der Waals surface area contributed by atoms with E-state index in [1.54, 1.807) is 28.8 Å². The average molecular weight is 472 g/mol. The molecule has 1 aliphatic rings. The lowest BCUT2D eigenvalue weighted by Crippen LogP contribution is -2.23. The number of hydrogen-bond donors (Lipinski definition) is 1. The Hall–Kier alpha value is -2.45. The van der Waals surface area contributed by atoms with E-state index in [9.17, 15) is 14.4 Å². The molecule has 0 fully saturated rings. The van der Waals surface area contributed by atoms with Crippen molar-refractivity contribution in [3.63, 3.8) is 0 Å². The van der Waals surface area contributed by atoms with Gasteiger partial charge in [0.1, 0.15) is 0 Å². The van der Waals surface area contributed by atoms with Gasteiger partial charge in [-0.25, -0.2) is 4.98 Å². The third-order valence-corrected chi connectivity index (χ3v) is 6.32. The zero-order chi connectivity index (χ0) is 20.5. The number of aryl methyl sites for hydroxylation is 1. The normalized spacial score (nSPS) is 13.2. The third-order valence-electron chi connectivity index (χ3n) is 4.85. The van der Waals surface area contributed by atoms with Gasteiger partial charge in [0.25, 0.3) is 5.56 Å². The lowest BCUT2D eigenvalue weighted by atomic mass is 9.99. The van der Waals surface area contributed by atoms with Gasteiger partial charge in [0.05, 0.1) is 16.7 Å². The molecule has 0 radical (unpaired) electrons. The number of nitrogens with one attached hydrogen (secondary N) is 1. The molecule has 3 aromatic rings. The highest BCUT2D eigenvalue weighted by atomic mass is 79.9. The van der Waals surface area contributed by atoms with Crippen LogP contribution < -0.4 is 10.9 Å². The van der Waals surface area contributed by atoms with Crippen molar-refractivity contribution >= 4 is 56.0 Å². The molecule has 1 aliphatic heterocycles. The van der Waals surface area contributed by atoms with Crippen LogP contribution in [0.5, 0.6) is 0 Å². The first-order valence-corrected chi connectivity index (χ1v) is 11.0. The number of ketones is 1. The van der Waals surface area contributed by atoms with Crippen molar-refractivity contribution in [2.24, 2.45) is 0 Å². The minimum absolute atomic E-state index is 0.000854. The molecule has 0 spiro atoms. The van der Waals surface area contributed by atoms with E-state index >= 15 is 0 Å². The van der Waals surface area contributed by atoms with Gasteiger partial charge in [0.2, 0.25) is 5.91 Å². The second kappa shape index (κ2) is 8.12. The SMILES string of the molecule is CCn1c(SCC(=O)c2ccc3c(c2)CCC(=O)N3)nc2ccc(Br)cc2c1=O. The fraction of sp³-hybridized carbons (Fsp3) is 0.238. The van der Waals surface area contributed by atoms with Gasteiger partial charge in [-0.05, 0) is 55.3 Å². The van der Waals surface area contributed by atoms with Gasteiger partial charge >= 0.3 is 0 Å². The molecule has 0 bridgehead atoms. The van der Waals surface area contributed by atoms with Crippen molar-refractivity contribution in [1.82, 2.24) is 9.55 Å². The van der Waals surface area contributed by atoms with Crippen LogP contribution in [-0.4, -0.2) is 27.0 Å². The zero-order valence-electron chi connectivity index (χ0n) is 15.7. The lowest BCUT2D eigenvalue weighted by molar-refractivity contribution is -0.116. The van der Waals surface area contributed by atoms with Crippen LogP contribution in [0, 0.1) is 0 Å². The monoisotopic (exact) mass is 471 g/mol. The maximum Gasteiger partial charge on any atom is 0.262 e. The van der Waals surface area contributed by atoms with E-state index in [2.05, 4.69) is 26.2 Å². The summed E-state index contributed by atoms with van der Waals surface area (Å²) in [4.78, 5) is 41.6. The van der Waals surface area contributed by atoms with E-state index in [4.69, 9.17) is 0 Å². The van der Waals surface area contributed by atoms with Crippen LogP contribution in [0.25, 0.3) is 10.9 Å². The fourth-order valence-corrected chi connectivity index (χ4v) is 4.65. The fourth-order valence-electron chi connectivity index (χ4n) is 3.33. The molecule has 2 aromatic carbocycles. The van der Waals surface area contributed by atoms with Crippen molar-refractivity contribution < 1.29 is 9.59 Å². The molecule has 1 N–H and O–H groups in total. The molecule has 0 atom stereocenters. The number of Topliss-reactive ketones (excluding diaryl/α,β-unsaturated/α-hetero) is 1. The standard InChI is InChI=1S/C21H18BrN3O3S/c1-2-25-20(28)15-10-14(22)5-7-17(15)24-21(25)29-11-18(26)13-3-6-16-12(9-13)4-8-19(27)23-16/h3,5-7,9-10H,2,4,8,11H2,1H3,(H,23,27). The van der Waals surface area contributed by atoms with Crippen LogP contribution in [0.4, 0.5) is 5.69 Å². The van der Waals surface area contributed by atoms with Gasteiger partial charge in [0, 0.05) is 28.7 Å². The predicted molar refractivity (Wildman–Crippen MR) is 118 cm³/mol. The number of thioether (sulfide) groups is 1. The Morgan fingerprint density at radius 3 is 2.83 bits per heavy atom. The number of halogens is 1. The van der Waals surface area contributed by atoms with Gasteiger partial charge < -0.3 is 5.32 Å². The highest BCUT2D eigenvalue weighted by Crippen LogP contribution is 2.25. The van der Waals surface area contributed by atoms with Crippen molar-refractivity contribution in [3.05, 3.63) is 62.4 Å². The molecule has 0 saturated heterocycles. The van der Waals surface area contributed by atoms with Crippen LogP contribution in [0.2, 0.25) is 0 Å². The summed E-state index contributed by atoms with van der Waals surface area (Å²) in [5, 5.41) is 3.90. The molecule has 29 heavy (non-hydrogen) atoms. The Bertz CT molecular complexity index is 1210. The third kappa shape index (κ3) is 4.00. The zero-order valence-corrected chi connectivity index (χ0v) is 18.1. The Balaban J connectivity index is 1.58. The molecule has 0 unspecified atom stereocenters. The summed E-state index contributed by atoms with van der Waals surface area (Å²) in [6.07, 6.45) is 1.06. The van der Waals surface area contributed by atoms with Crippen molar-refractivity contribution in [3.8, 4) is 0 Å². The Kier molecular flexibility index (Phi) is 5.56. The van der Waals surface area contributed by atoms with E-state index in [0.717, 1.165) is 15.7 Å². The topological polar surface area (TPSA) is 81.1 Å². The van der Waals surface area contributed by atoms with Crippen molar-refractivity contribution in [1.29, 1.82) is 0 Å². The number of benzene rings is 2. The minimum atomic E-state index is -0.113. The molecular formula is C21H18BrN3O3S. The smallest absolute Gasteiger partial charge is 0.262 e. The maximum atomic E-state index is 12.8. The van der Waals surface area contributed by atoms with E-state index < -0.39 is 0 Å². The summed E-state index contributed by atoms with van der Waals surface area (Å²) in [5.41, 5.74) is 2.84. The number of rotatable bonds is 5. The number of nitrogens with zero attached hydrogens (tertiary/aromatic N) is 2. The van der Waals surface area contributed by atoms with Gasteiger partial charge in [-0.2, -0.15) is 0 Å². The Morgan fingerprint density at radius 2 is 2.03 bits per heavy atom. The average Bonchev–Trinajstić information content (AvgIpc) is 2.72. The van der Waals surface area contributed by atoms with Gasteiger partial charge in [-0.1, -0.05) is 27.7 Å². The number of carbonyl (C=O) groups is 2. The largest absolute Gasteiger partial charge is 0.326 e. The number of aromatic nitrogens is 2. The maximum absolute atomic E-state index is 12.8. The first-order chi connectivity index (χ1) is 14.0. The summed E-state index contributed by atoms with van der Waals surface area (Å²) in [6.45, 7) is 2.36. The molecule has 2 heterocycles. The first kappa shape index (κ1) is 19.8. The number of fused-ring (bicyclic) bond motifs is 2. The summed E-state index contributed by atoms with van der Waals surface area (Å²) in [5.74, 6) is 0.140. The highest BCUT2D eigenvalue weighted by Gasteiger charge is 2.18. The Labute approximate surface area is 179 Å². The van der Waals surface area contributed by atoms with Crippen LogP contribution >= 0.6 is 27.7 Å². The second-order valence-electron chi connectivity index (χ2n) is 6.74. The van der Waals surface area contributed by atoms with Crippen molar-refractivity contribution in [2.45, 2.75) is 31.5 Å². The first-order valence-electron chi connectivity index (χ1n) is 9.25. The van der Waals surface area contributed by atoms with E-state index in [0.29, 0.717) is 41.0 Å². The van der Waals surface area contributed by atoms with Crippen LogP contribution in [-0.2, 0) is 17.8 Å². The number of hydrogen-bond acceptors (Lipinski definition) is 5. The summed E-state index contributed by atoms with van der Waals surface area (Å²) in [6, 6.07) is 10.8. The summed E-state index contributed by atoms with van der Waals surface area (Å²) < 4.78 is 2.42. The predicted octanol–water partition coefficient (Wildman–Crippen LogP) is 4.04. The Morgan fingerprint density at radius 1 is 1.21 bits per heavy atom. The van der Waals surface area contributed by atoms with Crippen LogP contribution in [0.3, 0.4) is 0 Å². The van der Waals surface area contributed by atoms with Gasteiger partial charge in [-0.3, -0.25) is 19.0 Å². The second-order valence-corrected chi connectivity index (χ2v) is 8.60. The van der Waals surface area contributed by atoms with Crippen molar-refractivity contribution in [2.75, 3.05) is 11.1 Å². The highest BCUT2D eigenvalue weighted by molar-refractivity contribution is 9.10. The number of amides is 1. The number of carbonyl (C=O) groups excluding carboxylic acids is 2. The molecule has 1 amide bonds. The molecule has 0 aliphatic carbocycles. The van der Waals surface area contributed by atoms with Gasteiger partial charge in [-0.15, -0.1) is 0 Å². The molecule has 4 rings (SSSR count). The number of anilines is 1. The molecule has 8 heteroatoms. The van der Waals surface area contributed by atoms with Gasteiger partial charge in [0.15, 0.2) is 10.9 Å². The minimum Gasteiger partial charge on any atom is -0.326 e. The molecular weight excluding hydrogens is 454 g/mol. The molecule has 148 valence electrons. The summed E-state index contributed by atoms with van der Waals surface area (Å²) >= 11 is 4.65. The van der Waals surface area contributed by atoms with E-state index in [1.165, 1.54) is 11.8 Å². The van der Waals surface area contributed by atoms with Crippen LogP contribution in [0.1, 0.15) is 29.3 Å². The summed E-state index contributed by atoms with van der Waals surface area (Å²) in [7, 11) is 0. The van der Waals surface area contributed by atoms with E-state index in [-0.39, 0.29) is 23.0 Å².